The van der Waals surface area contributed by atoms with Crippen LogP contribution in [0.1, 0.15) is 16.1 Å². The average Bonchev–Trinajstić information content (AvgIpc) is 2.32. The third-order valence-corrected chi connectivity index (χ3v) is 2.22. The normalized spacial score (nSPS) is 10.2. The Morgan fingerprint density at radius 3 is 2.78 bits per heavy atom. The zero-order valence-electron chi connectivity index (χ0n) is 9.45. The van der Waals surface area contributed by atoms with Gasteiger partial charge in [0.05, 0.1) is 5.56 Å². The molecule has 2 aromatic rings. The summed E-state index contributed by atoms with van der Waals surface area (Å²) in [6.45, 7) is 1.75. The second-order valence-electron chi connectivity index (χ2n) is 3.58. The van der Waals surface area contributed by atoms with Gasteiger partial charge in [-0.25, -0.2) is 14.4 Å². The third-order valence-electron chi connectivity index (χ3n) is 2.22. The van der Waals surface area contributed by atoms with E-state index in [2.05, 4.69) is 15.3 Å². The zero-order chi connectivity index (χ0) is 13.1. The molecule has 0 atom stereocenters. The largest absolute Gasteiger partial charge is 0.306 e. The molecular formula is C12H9F2N3O. The molecule has 0 spiro atoms. The maximum absolute atomic E-state index is 13.3. The Balaban J connectivity index is 2.25. The molecule has 92 valence electrons. The van der Waals surface area contributed by atoms with Crippen molar-refractivity contribution in [3.05, 3.63) is 53.5 Å². The summed E-state index contributed by atoms with van der Waals surface area (Å²) in [5.41, 5.74) is 0.292. The topological polar surface area (TPSA) is 54.9 Å². The number of rotatable bonds is 2. The lowest BCUT2D eigenvalue weighted by molar-refractivity contribution is 0.102. The fourth-order valence-corrected chi connectivity index (χ4v) is 1.39. The molecular weight excluding hydrogens is 240 g/mol. The first-order chi connectivity index (χ1) is 8.58. The number of carbonyl (C=O) groups is 1. The van der Waals surface area contributed by atoms with E-state index in [1.165, 1.54) is 0 Å². The van der Waals surface area contributed by atoms with Gasteiger partial charge in [0.15, 0.2) is 5.82 Å². The summed E-state index contributed by atoms with van der Waals surface area (Å²) in [6.07, 6.45) is 1.02. The minimum Gasteiger partial charge on any atom is -0.306 e. The molecule has 6 heteroatoms. The Hall–Kier alpha value is -2.37. The van der Waals surface area contributed by atoms with Gasteiger partial charge in [0.2, 0.25) is 5.95 Å². The average molecular weight is 249 g/mol. The molecule has 2 aromatic heterocycles. The Kier molecular flexibility index (Phi) is 3.27. The van der Waals surface area contributed by atoms with Gasteiger partial charge in [-0.15, -0.1) is 0 Å². The second kappa shape index (κ2) is 4.87. The van der Waals surface area contributed by atoms with Crippen LogP contribution in [0.2, 0.25) is 0 Å². The van der Waals surface area contributed by atoms with E-state index in [0.717, 1.165) is 12.3 Å². The van der Waals surface area contributed by atoms with Crippen LogP contribution in [0.4, 0.5) is 14.6 Å². The second-order valence-corrected chi connectivity index (χ2v) is 3.58. The molecule has 0 aliphatic carbocycles. The SMILES string of the molecule is Cc1cccc(NC(=O)c2ccnc(F)c2F)n1. The highest BCUT2D eigenvalue weighted by molar-refractivity contribution is 6.03. The molecule has 0 unspecified atom stereocenters. The zero-order valence-corrected chi connectivity index (χ0v) is 9.45. The van der Waals surface area contributed by atoms with Crippen molar-refractivity contribution in [3.63, 3.8) is 0 Å². The summed E-state index contributed by atoms with van der Waals surface area (Å²) < 4.78 is 26.2. The molecule has 2 rings (SSSR count). The minimum atomic E-state index is -1.31. The van der Waals surface area contributed by atoms with Crippen LogP contribution in [0.3, 0.4) is 0 Å². The highest BCUT2D eigenvalue weighted by atomic mass is 19.2. The number of carbonyl (C=O) groups excluding carboxylic acids is 1. The summed E-state index contributed by atoms with van der Waals surface area (Å²) in [7, 11) is 0. The summed E-state index contributed by atoms with van der Waals surface area (Å²) in [5.74, 6) is -3.08. The molecule has 0 saturated heterocycles. The molecule has 0 aliphatic rings. The highest BCUT2D eigenvalue weighted by Crippen LogP contribution is 2.12. The van der Waals surface area contributed by atoms with Crippen LogP contribution in [0.5, 0.6) is 0 Å². The van der Waals surface area contributed by atoms with Crippen molar-refractivity contribution >= 4 is 11.7 Å². The number of nitrogens with zero attached hydrogens (tertiary/aromatic N) is 2. The van der Waals surface area contributed by atoms with Crippen LogP contribution in [-0.2, 0) is 0 Å². The van der Waals surface area contributed by atoms with E-state index in [1.54, 1.807) is 25.1 Å². The predicted octanol–water partition coefficient (Wildman–Crippen LogP) is 2.32. The van der Waals surface area contributed by atoms with Gasteiger partial charge in [-0.2, -0.15) is 4.39 Å². The van der Waals surface area contributed by atoms with Crippen molar-refractivity contribution in [2.75, 3.05) is 5.32 Å². The Morgan fingerprint density at radius 2 is 2.06 bits per heavy atom. The van der Waals surface area contributed by atoms with Gasteiger partial charge in [0, 0.05) is 11.9 Å². The number of halogens is 2. The van der Waals surface area contributed by atoms with Gasteiger partial charge in [0.1, 0.15) is 5.82 Å². The first-order valence-corrected chi connectivity index (χ1v) is 5.13. The summed E-state index contributed by atoms with van der Waals surface area (Å²) in [4.78, 5) is 18.8. The molecule has 2 heterocycles. The molecule has 1 amide bonds. The van der Waals surface area contributed by atoms with Crippen molar-refractivity contribution in [1.29, 1.82) is 0 Å². The van der Waals surface area contributed by atoms with E-state index >= 15 is 0 Å². The van der Waals surface area contributed by atoms with Crippen LogP contribution >= 0.6 is 0 Å². The van der Waals surface area contributed by atoms with E-state index in [4.69, 9.17) is 0 Å². The summed E-state index contributed by atoms with van der Waals surface area (Å²) in [5, 5.41) is 2.38. The number of aromatic nitrogens is 2. The Labute approximate surface area is 102 Å². The maximum atomic E-state index is 13.3. The monoisotopic (exact) mass is 249 g/mol. The molecule has 0 saturated carbocycles. The fourth-order valence-electron chi connectivity index (χ4n) is 1.39. The number of hydrogen-bond donors (Lipinski definition) is 1. The van der Waals surface area contributed by atoms with Crippen molar-refractivity contribution in [2.24, 2.45) is 0 Å². The predicted molar refractivity (Wildman–Crippen MR) is 61.1 cm³/mol. The molecule has 18 heavy (non-hydrogen) atoms. The number of nitrogens with one attached hydrogen (secondary N) is 1. The van der Waals surface area contributed by atoms with E-state index in [1.807, 2.05) is 0 Å². The standard InChI is InChI=1S/C12H9F2N3O/c1-7-3-2-4-9(16-7)17-12(18)8-5-6-15-11(14)10(8)13/h2-6H,1H3,(H,16,17,18). The van der Waals surface area contributed by atoms with Crippen molar-refractivity contribution < 1.29 is 13.6 Å². The Morgan fingerprint density at radius 1 is 1.28 bits per heavy atom. The lowest BCUT2D eigenvalue weighted by atomic mass is 10.2. The molecule has 0 radical (unpaired) electrons. The van der Waals surface area contributed by atoms with Crippen LogP contribution in [0.25, 0.3) is 0 Å². The third kappa shape index (κ3) is 2.48. The molecule has 0 aliphatic heterocycles. The first-order valence-electron chi connectivity index (χ1n) is 5.13. The number of hydrogen-bond acceptors (Lipinski definition) is 3. The van der Waals surface area contributed by atoms with Crippen molar-refractivity contribution in [1.82, 2.24) is 9.97 Å². The van der Waals surface area contributed by atoms with Gasteiger partial charge in [-0.3, -0.25) is 4.79 Å². The number of anilines is 1. The number of aryl methyl sites for hydroxylation is 1. The smallest absolute Gasteiger partial charge is 0.260 e. The van der Waals surface area contributed by atoms with Gasteiger partial charge >= 0.3 is 0 Å². The summed E-state index contributed by atoms with van der Waals surface area (Å²) >= 11 is 0. The number of amides is 1. The highest BCUT2D eigenvalue weighted by Gasteiger charge is 2.16. The lowest BCUT2D eigenvalue weighted by Gasteiger charge is -2.05. The number of pyridine rings is 2. The molecule has 1 N–H and O–H groups in total. The molecule has 0 bridgehead atoms. The fraction of sp³-hybridized carbons (Fsp3) is 0.0833. The van der Waals surface area contributed by atoms with E-state index < -0.39 is 23.2 Å². The molecule has 0 aromatic carbocycles. The minimum absolute atomic E-state index is 0.275. The molecule has 4 nitrogen and oxygen atoms in total. The Bertz CT molecular complexity index is 602. The van der Waals surface area contributed by atoms with E-state index in [9.17, 15) is 13.6 Å². The van der Waals surface area contributed by atoms with Gasteiger partial charge in [-0.1, -0.05) is 6.07 Å². The van der Waals surface area contributed by atoms with E-state index in [0.29, 0.717) is 5.69 Å². The lowest BCUT2D eigenvalue weighted by Crippen LogP contribution is -2.16. The van der Waals surface area contributed by atoms with E-state index in [-0.39, 0.29) is 5.82 Å². The quantitative estimate of drug-likeness (QED) is 0.831. The van der Waals surface area contributed by atoms with Crippen LogP contribution in [-0.4, -0.2) is 15.9 Å². The van der Waals surface area contributed by atoms with Gasteiger partial charge in [0.25, 0.3) is 5.91 Å². The molecule has 0 fully saturated rings. The van der Waals surface area contributed by atoms with Crippen molar-refractivity contribution in [3.8, 4) is 0 Å². The summed E-state index contributed by atoms with van der Waals surface area (Å²) in [6, 6.07) is 6.10. The van der Waals surface area contributed by atoms with Crippen LogP contribution < -0.4 is 5.32 Å². The van der Waals surface area contributed by atoms with Gasteiger partial charge < -0.3 is 5.32 Å². The van der Waals surface area contributed by atoms with Crippen LogP contribution in [0, 0.1) is 18.7 Å². The van der Waals surface area contributed by atoms with Gasteiger partial charge in [-0.05, 0) is 25.1 Å². The van der Waals surface area contributed by atoms with Crippen molar-refractivity contribution in [2.45, 2.75) is 6.92 Å². The first kappa shape index (κ1) is 12.1. The van der Waals surface area contributed by atoms with Crippen LogP contribution in [0.15, 0.2) is 30.5 Å². The maximum Gasteiger partial charge on any atom is 0.260 e.